The van der Waals surface area contributed by atoms with Crippen molar-refractivity contribution >= 4 is 5.97 Å². The highest BCUT2D eigenvalue weighted by molar-refractivity contribution is 5.66. The molecule has 1 heterocycles. The molecule has 1 fully saturated rings. The van der Waals surface area contributed by atoms with Gasteiger partial charge in [-0.25, -0.2) is 0 Å². The Bertz CT molecular complexity index is 584. The zero-order valence-corrected chi connectivity index (χ0v) is 16.6. The molecule has 0 bridgehead atoms. The fourth-order valence-electron chi connectivity index (χ4n) is 5.01. The van der Waals surface area contributed by atoms with Gasteiger partial charge in [-0.2, -0.15) is 0 Å². The first-order valence-electron chi connectivity index (χ1n) is 10.0. The van der Waals surface area contributed by atoms with Crippen molar-refractivity contribution in [2.75, 3.05) is 19.6 Å². The molecular weight excluding hydrogens is 326 g/mol. The number of ether oxygens (including phenoxy) is 1. The molecule has 2 radical (unpaired) electrons. The van der Waals surface area contributed by atoms with E-state index in [-0.39, 0.29) is 17.8 Å². The first-order chi connectivity index (χ1) is 12.3. The van der Waals surface area contributed by atoms with Gasteiger partial charge in [0.25, 0.3) is 0 Å². The van der Waals surface area contributed by atoms with Crippen LogP contribution >= 0.6 is 0 Å². The van der Waals surface area contributed by atoms with E-state index in [0.717, 1.165) is 44.5 Å². The SMILES string of the molecule is CC(=O)O[C@@H]1[C][C@@]2(O)[C@H](C)CC[C@@H]([C@H](C)CN3CC=CCC3)[C@H]2C=C1C. The van der Waals surface area contributed by atoms with Crippen molar-refractivity contribution in [2.24, 2.45) is 23.7 Å². The predicted octanol–water partition coefficient (Wildman–Crippen LogP) is 3.25. The Morgan fingerprint density at radius 2 is 2.23 bits per heavy atom. The Labute approximate surface area is 158 Å². The number of nitrogens with zero attached hydrogens (tertiary/aromatic N) is 1. The molecule has 0 aromatic heterocycles. The molecule has 0 unspecified atom stereocenters. The number of aliphatic hydroxyl groups is 1. The second kappa shape index (κ2) is 7.85. The fraction of sp³-hybridized carbons (Fsp3) is 0.727. The van der Waals surface area contributed by atoms with Gasteiger partial charge in [0.15, 0.2) is 0 Å². The smallest absolute Gasteiger partial charge is 0.303 e. The summed E-state index contributed by atoms with van der Waals surface area (Å²) >= 11 is 0. The molecule has 2 aliphatic carbocycles. The molecule has 0 aromatic rings. The molecule has 0 saturated heterocycles. The first kappa shape index (κ1) is 19.6. The van der Waals surface area contributed by atoms with Gasteiger partial charge in [-0.05, 0) is 49.5 Å². The third-order valence-corrected chi connectivity index (χ3v) is 6.58. The molecule has 1 aliphatic heterocycles. The number of carbonyl (C=O) groups is 1. The molecule has 0 spiro atoms. The van der Waals surface area contributed by atoms with E-state index in [1.165, 1.54) is 6.92 Å². The minimum atomic E-state index is -1.02. The van der Waals surface area contributed by atoms with Crippen LogP contribution < -0.4 is 0 Å². The topological polar surface area (TPSA) is 49.8 Å². The molecule has 0 amide bonds. The molecule has 6 atom stereocenters. The van der Waals surface area contributed by atoms with Gasteiger partial charge in [-0.3, -0.25) is 9.69 Å². The van der Waals surface area contributed by atoms with Crippen LogP contribution in [0, 0.1) is 30.1 Å². The van der Waals surface area contributed by atoms with E-state index >= 15 is 0 Å². The molecule has 1 N–H and O–H groups in total. The number of carbonyl (C=O) groups excluding carboxylic acids is 1. The van der Waals surface area contributed by atoms with Crippen molar-refractivity contribution < 1.29 is 14.6 Å². The zero-order valence-electron chi connectivity index (χ0n) is 16.6. The van der Waals surface area contributed by atoms with Crippen molar-refractivity contribution in [3.8, 4) is 0 Å². The van der Waals surface area contributed by atoms with E-state index in [4.69, 9.17) is 4.74 Å². The molecule has 144 valence electrons. The van der Waals surface area contributed by atoms with Crippen molar-refractivity contribution in [3.63, 3.8) is 0 Å². The zero-order chi connectivity index (χ0) is 18.9. The Hall–Kier alpha value is -1.13. The molecule has 0 aromatic carbocycles. The quantitative estimate of drug-likeness (QED) is 0.618. The van der Waals surface area contributed by atoms with Gasteiger partial charge in [0, 0.05) is 32.5 Å². The van der Waals surface area contributed by atoms with Crippen LogP contribution in [0.15, 0.2) is 23.8 Å². The lowest BCUT2D eigenvalue weighted by Crippen LogP contribution is -2.56. The monoisotopic (exact) mass is 359 g/mol. The van der Waals surface area contributed by atoms with Gasteiger partial charge in [0.2, 0.25) is 0 Å². The normalized spacial score (nSPS) is 39.0. The Morgan fingerprint density at radius 1 is 1.46 bits per heavy atom. The predicted molar refractivity (Wildman–Crippen MR) is 102 cm³/mol. The number of esters is 1. The molecular formula is C22H33NO3. The van der Waals surface area contributed by atoms with E-state index in [1.54, 1.807) is 0 Å². The summed E-state index contributed by atoms with van der Waals surface area (Å²) in [4.78, 5) is 13.9. The number of hydrogen-bond acceptors (Lipinski definition) is 4. The summed E-state index contributed by atoms with van der Waals surface area (Å²) in [6, 6.07) is 0. The average molecular weight is 360 g/mol. The van der Waals surface area contributed by atoms with E-state index in [0.29, 0.717) is 11.8 Å². The largest absolute Gasteiger partial charge is 0.457 e. The Morgan fingerprint density at radius 3 is 2.88 bits per heavy atom. The summed E-state index contributed by atoms with van der Waals surface area (Å²) in [7, 11) is 0. The molecule has 4 heteroatoms. The molecule has 3 aliphatic rings. The van der Waals surface area contributed by atoms with E-state index in [2.05, 4.69) is 43.4 Å². The number of rotatable bonds is 4. The maximum atomic E-state index is 11.5. The standard InChI is InChI=1S/C22H33NO3/c1-15-12-20-19(16(2)14-23-10-6-5-7-11-23)9-8-17(3)22(20,25)13-21(15)26-18(4)24/h5-6,12,16-17,19-21,25H,7-11,14H2,1-4H3/t16-,17-,19+,20-,21-,22-/m1/s1. The van der Waals surface area contributed by atoms with Gasteiger partial charge in [-0.1, -0.05) is 32.1 Å². The van der Waals surface area contributed by atoms with Gasteiger partial charge in [0.05, 0.1) is 12.0 Å². The van der Waals surface area contributed by atoms with Crippen LogP contribution in [0.1, 0.15) is 47.0 Å². The van der Waals surface area contributed by atoms with E-state index < -0.39 is 11.7 Å². The van der Waals surface area contributed by atoms with E-state index in [9.17, 15) is 9.90 Å². The summed E-state index contributed by atoms with van der Waals surface area (Å²) in [5, 5.41) is 11.5. The fourth-order valence-corrected chi connectivity index (χ4v) is 5.01. The van der Waals surface area contributed by atoms with Gasteiger partial charge in [-0.15, -0.1) is 0 Å². The second-order valence-corrected chi connectivity index (χ2v) is 8.53. The Balaban J connectivity index is 1.78. The van der Waals surface area contributed by atoms with Crippen LogP contribution in [0.2, 0.25) is 0 Å². The summed E-state index contributed by atoms with van der Waals surface area (Å²) in [6.07, 6.45) is 12.7. The third-order valence-electron chi connectivity index (χ3n) is 6.58. The van der Waals surface area contributed by atoms with Gasteiger partial charge < -0.3 is 9.84 Å². The van der Waals surface area contributed by atoms with Crippen LogP contribution in [0.4, 0.5) is 0 Å². The highest BCUT2D eigenvalue weighted by Gasteiger charge is 2.53. The van der Waals surface area contributed by atoms with Crippen LogP contribution in [0.25, 0.3) is 0 Å². The molecule has 4 nitrogen and oxygen atoms in total. The van der Waals surface area contributed by atoms with Crippen LogP contribution in [0.3, 0.4) is 0 Å². The summed E-state index contributed by atoms with van der Waals surface area (Å²) in [6.45, 7) is 11.0. The van der Waals surface area contributed by atoms with Gasteiger partial charge in [0.1, 0.15) is 6.10 Å². The van der Waals surface area contributed by atoms with Crippen molar-refractivity contribution in [3.05, 3.63) is 30.2 Å². The molecule has 1 saturated carbocycles. The maximum absolute atomic E-state index is 11.5. The maximum Gasteiger partial charge on any atom is 0.303 e. The second-order valence-electron chi connectivity index (χ2n) is 8.53. The highest BCUT2D eigenvalue weighted by atomic mass is 16.5. The van der Waals surface area contributed by atoms with Gasteiger partial charge >= 0.3 is 5.97 Å². The summed E-state index contributed by atoms with van der Waals surface area (Å²) in [5.74, 6) is 0.762. The lowest BCUT2D eigenvalue weighted by Gasteiger charge is -2.52. The van der Waals surface area contributed by atoms with Crippen LogP contribution in [0.5, 0.6) is 0 Å². The number of fused-ring (bicyclic) bond motifs is 1. The number of hydrogen-bond donors (Lipinski definition) is 1. The lowest BCUT2D eigenvalue weighted by molar-refractivity contribution is -0.148. The summed E-state index contributed by atoms with van der Waals surface area (Å²) < 4.78 is 5.39. The average Bonchev–Trinajstić information content (AvgIpc) is 2.58. The lowest BCUT2D eigenvalue weighted by atomic mass is 9.57. The van der Waals surface area contributed by atoms with E-state index in [1.807, 2.05) is 6.92 Å². The third kappa shape index (κ3) is 3.91. The first-order valence-corrected chi connectivity index (χ1v) is 10.0. The minimum absolute atomic E-state index is 0.0494. The van der Waals surface area contributed by atoms with Crippen molar-refractivity contribution in [1.29, 1.82) is 0 Å². The minimum Gasteiger partial charge on any atom is -0.457 e. The molecule has 26 heavy (non-hydrogen) atoms. The summed E-state index contributed by atoms with van der Waals surface area (Å²) in [5.41, 5.74) is -0.0272. The molecule has 3 rings (SSSR count). The van der Waals surface area contributed by atoms with Crippen molar-refractivity contribution in [2.45, 2.75) is 58.7 Å². The Kier molecular flexibility index (Phi) is 5.93. The highest BCUT2D eigenvalue weighted by Crippen LogP contribution is 2.50. The van der Waals surface area contributed by atoms with Crippen molar-refractivity contribution in [1.82, 2.24) is 4.90 Å². The van der Waals surface area contributed by atoms with Crippen LogP contribution in [-0.2, 0) is 9.53 Å². The van der Waals surface area contributed by atoms with Crippen LogP contribution in [-0.4, -0.2) is 47.3 Å².